The quantitative estimate of drug-likeness (QED) is 0.197. The van der Waals surface area contributed by atoms with E-state index in [1.807, 2.05) is 0 Å². The van der Waals surface area contributed by atoms with Gasteiger partial charge in [-0.15, -0.1) is 0 Å². The van der Waals surface area contributed by atoms with Crippen LogP contribution in [0.3, 0.4) is 0 Å². The number of rotatable bonds is 7. The van der Waals surface area contributed by atoms with Gasteiger partial charge >= 0.3 is 0 Å². The second-order valence-corrected chi connectivity index (χ2v) is 9.12. The van der Waals surface area contributed by atoms with E-state index in [0.29, 0.717) is 26.3 Å². The van der Waals surface area contributed by atoms with E-state index < -0.39 is 4.92 Å². The molecule has 0 atom stereocenters. The van der Waals surface area contributed by atoms with Gasteiger partial charge in [-0.1, -0.05) is 41.4 Å². The Labute approximate surface area is 209 Å². The van der Waals surface area contributed by atoms with Crippen molar-refractivity contribution < 1.29 is 19.2 Å². The van der Waals surface area contributed by atoms with Crippen molar-refractivity contribution >= 4 is 57.9 Å². The lowest BCUT2D eigenvalue weighted by molar-refractivity contribution is -0.384. The first-order valence-electron chi connectivity index (χ1n) is 9.95. The minimum Gasteiger partial charge on any atom is -0.489 e. The number of halogens is 2. The molecule has 4 rings (SSSR count). The lowest BCUT2D eigenvalue weighted by Crippen LogP contribution is -2.27. The molecule has 0 aliphatic carbocycles. The van der Waals surface area contributed by atoms with Gasteiger partial charge in [0.2, 0.25) is 0 Å². The second-order valence-electron chi connectivity index (χ2n) is 7.28. The maximum absolute atomic E-state index is 12.8. The third-order valence-corrected chi connectivity index (χ3v) is 6.44. The number of hydrogen-bond donors (Lipinski definition) is 0. The topological polar surface area (TPSA) is 89.7 Å². The summed E-state index contributed by atoms with van der Waals surface area (Å²) in [6, 6.07) is 18.1. The molecular weight excluding hydrogens is 499 g/mol. The molecule has 0 bridgehead atoms. The molecule has 1 heterocycles. The zero-order valence-corrected chi connectivity index (χ0v) is 19.8. The van der Waals surface area contributed by atoms with E-state index in [0.717, 1.165) is 27.8 Å². The molecule has 1 aliphatic rings. The molecule has 172 valence electrons. The number of carbonyl (C=O) groups is 2. The van der Waals surface area contributed by atoms with E-state index in [4.69, 9.17) is 27.9 Å². The number of non-ortho nitro benzene ring substituents is 1. The highest BCUT2D eigenvalue weighted by Gasteiger charge is 2.35. The predicted octanol–water partition coefficient (Wildman–Crippen LogP) is 6.72. The number of nitro benzene ring substituents is 1. The fourth-order valence-electron chi connectivity index (χ4n) is 3.15. The van der Waals surface area contributed by atoms with Gasteiger partial charge in [-0.2, -0.15) is 0 Å². The van der Waals surface area contributed by atoms with Crippen LogP contribution in [-0.4, -0.2) is 21.0 Å². The lowest BCUT2D eigenvalue weighted by Gasteiger charge is -2.13. The molecule has 3 aromatic carbocycles. The SMILES string of the molecule is O=C1S/C(=C/c2ccc(OCc3ccc([N+](=O)[O-])cc3)cc2)C(=O)N1Cc1ccc(Cl)cc1Cl. The Bertz CT molecular complexity index is 1290. The second kappa shape index (κ2) is 10.3. The van der Waals surface area contributed by atoms with Crippen molar-refractivity contribution in [1.82, 2.24) is 4.90 Å². The van der Waals surface area contributed by atoms with Gasteiger partial charge in [0.25, 0.3) is 16.8 Å². The standard InChI is InChI=1S/C24H16Cl2N2O5S/c25-18-6-5-17(21(26)12-18)13-27-23(29)22(34-24(27)30)11-15-3-9-20(10-4-15)33-14-16-1-7-19(8-2-16)28(31)32/h1-12H,13-14H2/b22-11+. The maximum Gasteiger partial charge on any atom is 0.293 e. The van der Waals surface area contributed by atoms with Gasteiger partial charge in [0.05, 0.1) is 16.4 Å². The number of imide groups is 1. The molecule has 0 radical (unpaired) electrons. The van der Waals surface area contributed by atoms with Crippen LogP contribution in [0.25, 0.3) is 6.08 Å². The normalized spacial score (nSPS) is 14.6. The highest BCUT2D eigenvalue weighted by atomic mass is 35.5. The van der Waals surface area contributed by atoms with Gasteiger partial charge in [-0.25, -0.2) is 0 Å². The Morgan fingerprint density at radius 2 is 1.71 bits per heavy atom. The predicted molar refractivity (Wildman–Crippen MR) is 132 cm³/mol. The molecule has 1 saturated heterocycles. The summed E-state index contributed by atoms with van der Waals surface area (Å²) in [6.45, 7) is 0.316. The van der Waals surface area contributed by atoms with Crippen LogP contribution in [0.1, 0.15) is 16.7 Å². The van der Waals surface area contributed by atoms with E-state index in [1.165, 1.54) is 12.1 Å². The molecule has 10 heteroatoms. The summed E-state index contributed by atoms with van der Waals surface area (Å²) in [5.74, 6) is 0.209. The zero-order valence-electron chi connectivity index (χ0n) is 17.4. The van der Waals surface area contributed by atoms with E-state index in [2.05, 4.69) is 0 Å². The van der Waals surface area contributed by atoms with Crippen molar-refractivity contribution in [3.05, 3.63) is 108 Å². The van der Waals surface area contributed by atoms with Crippen molar-refractivity contribution in [1.29, 1.82) is 0 Å². The van der Waals surface area contributed by atoms with Crippen LogP contribution in [0.5, 0.6) is 5.75 Å². The summed E-state index contributed by atoms with van der Waals surface area (Å²) in [5, 5.41) is 11.2. The molecule has 34 heavy (non-hydrogen) atoms. The molecule has 7 nitrogen and oxygen atoms in total. The average molecular weight is 515 g/mol. The molecule has 0 saturated carbocycles. The van der Waals surface area contributed by atoms with E-state index >= 15 is 0 Å². The number of nitrogens with zero attached hydrogens (tertiary/aromatic N) is 2. The first-order chi connectivity index (χ1) is 16.3. The monoisotopic (exact) mass is 514 g/mol. The van der Waals surface area contributed by atoms with E-state index in [1.54, 1.807) is 60.7 Å². The molecule has 1 fully saturated rings. The minimum atomic E-state index is -0.454. The van der Waals surface area contributed by atoms with Gasteiger partial charge in [0, 0.05) is 22.2 Å². The Hall–Kier alpha value is -3.33. The lowest BCUT2D eigenvalue weighted by atomic mass is 10.2. The Balaban J connectivity index is 1.39. The van der Waals surface area contributed by atoms with Gasteiger partial charge < -0.3 is 4.74 Å². The van der Waals surface area contributed by atoms with Crippen LogP contribution < -0.4 is 4.74 Å². The molecule has 0 unspecified atom stereocenters. The molecule has 1 aliphatic heterocycles. The van der Waals surface area contributed by atoms with E-state index in [-0.39, 0.29) is 30.0 Å². The summed E-state index contributed by atoms with van der Waals surface area (Å²) < 4.78 is 5.71. The smallest absolute Gasteiger partial charge is 0.293 e. The summed E-state index contributed by atoms with van der Waals surface area (Å²) >= 11 is 13.0. The largest absolute Gasteiger partial charge is 0.489 e. The van der Waals surface area contributed by atoms with Crippen molar-refractivity contribution in [2.45, 2.75) is 13.2 Å². The van der Waals surface area contributed by atoms with Crippen LogP contribution in [0.4, 0.5) is 10.5 Å². The first kappa shape index (κ1) is 23.8. The van der Waals surface area contributed by atoms with Gasteiger partial charge in [-0.3, -0.25) is 24.6 Å². The molecule has 3 aromatic rings. The molecule has 2 amide bonds. The molecule has 0 N–H and O–H groups in total. The van der Waals surface area contributed by atoms with Crippen LogP contribution in [0.2, 0.25) is 10.0 Å². The maximum atomic E-state index is 12.8. The Morgan fingerprint density at radius 1 is 1.00 bits per heavy atom. The number of carbonyl (C=O) groups excluding carboxylic acids is 2. The highest BCUT2D eigenvalue weighted by molar-refractivity contribution is 8.18. The summed E-state index contributed by atoms with van der Waals surface area (Å²) in [6.07, 6.45) is 1.65. The van der Waals surface area contributed by atoms with Crippen LogP contribution in [0.15, 0.2) is 71.6 Å². The molecule has 0 aromatic heterocycles. The van der Waals surface area contributed by atoms with Crippen molar-refractivity contribution in [2.75, 3.05) is 0 Å². The third kappa shape index (κ3) is 5.59. The Morgan fingerprint density at radius 3 is 2.35 bits per heavy atom. The number of hydrogen-bond acceptors (Lipinski definition) is 6. The van der Waals surface area contributed by atoms with Gasteiger partial charge in [0.15, 0.2) is 0 Å². The minimum absolute atomic E-state index is 0.0220. The van der Waals surface area contributed by atoms with Crippen LogP contribution >= 0.6 is 35.0 Å². The summed E-state index contributed by atoms with van der Waals surface area (Å²) in [5.41, 5.74) is 2.18. The molecule has 0 spiro atoms. The van der Waals surface area contributed by atoms with Crippen LogP contribution in [-0.2, 0) is 17.9 Å². The van der Waals surface area contributed by atoms with Crippen molar-refractivity contribution in [3.8, 4) is 5.75 Å². The number of thioether (sulfide) groups is 1. The van der Waals surface area contributed by atoms with E-state index in [9.17, 15) is 19.7 Å². The summed E-state index contributed by atoms with van der Waals surface area (Å²) in [7, 11) is 0. The number of benzene rings is 3. The van der Waals surface area contributed by atoms with Crippen LogP contribution in [0, 0.1) is 10.1 Å². The number of ether oxygens (including phenoxy) is 1. The number of nitro groups is 1. The fraction of sp³-hybridized carbons (Fsp3) is 0.0833. The number of amides is 2. The van der Waals surface area contributed by atoms with Gasteiger partial charge in [0.1, 0.15) is 12.4 Å². The van der Waals surface area contributed by atoms with Crippen molar-refractivity contribution in [2.24, 2.45) is 0 Å². The average Bonchev–Trinajstić information content (AvgIpc) is 3.07. The summed E-state index contributed by atoms with van der Waals surface area (Å²) in [4.78, 5) is 36.9. The zero-order chi connectivity index (χ0) is 24.2. The first-order valence-corrected chi connectivity index (χ1v) is 11.5. The molecular formula is C24H16Cl2N2O5S. The Kier molecular flexibility index (Phi) is 7.21. The van der Waals surface area contributed by atoms with Gasteiger partial charge in [-0.05, 0) is 70.9 Å². The van der Waals surface area contributed by atoms with Crippen molar-refractivity contribution in [3.63, 3.8) is 0 Å². The highest BCUT2D eigenvalue weighted by Crippen LogP contribution is 2.34. The fourth-order valence-corrected chi connectivity index (χ4v) is 4.46. The third-order valence-electron chi connectivity index (χ3n) is 4.95.